The maximum absolute atomic E-state index is 13.9. The van der Waals surface area contributed by atoms with Crippen molar-refractivity contribution in [3.63, 3.8) is 0 Å². The Labute approximate surface area is 400 Å². The molecule has 6 aliphatic rings. The summed E-state index contributed by atoms with van der Waals surface area (Å²) in [4.78, 5) is 41.3. The number of alkyl carbamates (subject to hydrolysis) is 1. The molecule has 2 saturated heterocycles. The van der Waals surface area contributed by atoms with Crippen molar-refractivity contribution in [2.24, 2.45) is 0 Å². The summed E-state index contributed by atoms with van der Waals surface area (Å²) < 4.78 is 85.8. The van der Waals surface area contributed by atoms with Gasteiger partial charge in [-0.1, -0.05) is 41.6 Å². The van der Waals surface area contributed by atoms with Gasteiger partial charge >= 0.3 is 24.5 Å². The summed E-state index contributed by atoms with van der Waals surface area (Å²) in [5.41, 5.74) is 3.35. The zero-order chi connectivity index (χ0) is 49.4. The number of hydrogen-bond acceptors (Lipinski definition) is 10. The summed E-state index contributed by atoms with van der Waals surface area (Å²) in [7, 11) is 0. The topological polar surface area (TPSA) is 146 Å². The van der Waals surface area contributed by atoms with Crippen molar-refractivity contribution in [3.05, 3.63) is 114 Å². The second kappa shape index (κ2) is 19.2. The van der Waals surface area contributed by atoms with Gasteiger partial charge in [0.05, 0.1) is 46.6 Å². The van der Waals surface area contributed by atoms with E-state index in [0.29, 0.717) is 58.8 Å². The number of hydrogen-bond donors (Lipinski definition) is 3. The first-order chi connectivity index (χ1) is 33.3. The number of carbonyl (C=O) groups is 2. The normalized spacial score (nSPS) is 15.8. The lowest BCUT2D eigenvalue weighted by atomic mass is 10.1. The van der Waals surface area contributed by atoms with Gasteiger partial charge in [-0.05, 0) is 107 Å². The number of anilines is 5. The van der Waals surface area contributed by atoms with Crippen molar-refractivity contribution in [2.45, 2.75) is 83.0 Å². The first-order valence-electron chi connectivity index (χ1n) is 23.1. The largest absolute Gasteiger partial charge is 0.444 e. The third-order valence-electron chi connectivity index (χ3n) is 12.5. The second-order valence-corrected chi connectivity index (χ2v) is 18.6. The number of amides is 3. The Morgan fingerprint density at radius 1 is 0.700 bits per heavy atom. The van der Waals surface area contributed by atoms with Crippen LogP contribution >= 0.6 is 0 Å². The van der Waals surface area contributed by atoms with Crippen LogP contribution in [0.4, 0.5) is 64.6 Å². The number of rotatable bonds is 7. The van der Waals surface area contributed by atoms with E-state index in [1.807, 2.05) is 18.2 Å². The first kappa shape index (κ1) is 47.7. The number of benzene rings is 3. The van der Waals surface area contributed by atoms with Gasteiger partial charge in [-0.2, -0.15) is 26.3 Å². The Hall–Kier alpha value is -7.38. The van der Waals surface area contributed by atoms with E-state index in [1.165, 1.54) is 12.1 Å². The van der Waals surface area contributed by atoms with Crippen LogP contribution < -0.4 is 30.7 Å². The number of halogens is 6. The van der Waals surface area contributed by atoms with E-state index in [9.17, 15) is 35.9 Å². The van der Waals surface area contributed by atoms with E-state index in [4.69, 9.17) is 9.72 Å². The molecule has 4 bridgehead atoms. The van der Waals surface area contributed by atoms with E-state index in [2.05, 4.69) is 41.0 Å². The Bertz CT molecular complexity index is 2870. The van der Waals surface area contributed by atoms with Crippen molar-refractivity contribution in [1.82, 2.24) is 30.3 Å². The fourth-order valence-corrected chi connectivity index (χ4v) is 9.03. The van der Waals surface area contributed by atoms with Crippen LogP contribution in [0.25, 0.3) is 33.8 Å². The van der Waals surface area contributed by atoms with Gasteiger partial charge in [0, 0.05) is 67.2 Å². The summed E-state index contributed by atoms with van der Waals surface area (Å²) in [6, 6.07) is 24.7. The van der Waals surface area contributed by atoms with E-state index in [1.54, 1.807) is 79.0 Å². The maximum atomic E-state index is 13.9. The number of urea groups is 1. The quantitative estimate of drug-likeness (QED) is 0.132. The molecule has 6 aromatic rings. The summed E-state index contributed by atoms with van der Waals surface area (Å²) in [6.07, 6.45) is -4.01. The third-order valence-corrected chi connectivity index (χ3v) is 12.5. The number of nitrogens with zero attached hydrogens (tertiary/aromatic N) is 8. The maximum Gasteiger partial charge on any atom is 0.416 e. The molecule has 12 rings (SSSR count). The predicted molar refractivity (Wildman–Crippen MR) is 255 cm³/mol. The molecule has 3 aromatic heterocycles. The molecule has 0 atom stereocenters. The zero-order valence-corrected chi connectivity index (χ0v) is 38.6. The molecule has 3 aromatic carbocycles. The molecule has 20 heteroatoms. The van der Waals surface area contributed by atoms with Gasteiger partial charge in [0.25, 0.3) is 0 Å². The van der Waals surface area contributed by atoms with E-state index in [0.717, 1.165) is 98.9 Å². The molecular formula is C50H51F6N11O3. The smallest absolute Gasteiger partial charge is 0.416 e. The Balaban J connectivity index is 0.000000219. The SMILES string of the molecule is CC(C)(C)OC(=O)NCCn1cc(-c2cccc(NC(=O)N3c4nc(-c5cccc(C(F)(F)F)c5)ccc4N4CCC3CC4)c2)nn1.FC(F)(F)c1cccc(-c2ccc3c(n2)NC2CCN3CC2)c1. The van der Waals surface area contributed by atoms with Crippen LogP contribution in [0.2, 0.25) is 0 Å². The molecule has 0 aliphatic carbocycles. The van der Waals surface area contributed by atoms with E-state index >= 15 is 0 Å². The lowest BCUT2D eigenvalue weighted by molar-refractivity contribution is -0.138. The van der Waals surface area contributed by atoms with Crippen molar-refractivity contribution in [2.75, 3.05) is 58.1 Å². The number of carbonyl (C=O) groups excluding carboxylic acids is 2. The van der Waals surface area contributed by atoms with Crippen LogP contribution in [-0.4, -0.2) is 87.5 Å². The summed E-state index contributed by atoms with van der Waals surface area (Å²) in [5.74, 6) is 1.19. The number of ether oxygens (including phenoxy) is 1. The molecule has 3 N–H and O–H groups in total. The standard InChI is InChI=1S/C33H35F3N8O3.C17H16F3N3/c1-32(2,3)47-31(46)37-14-17-43-20-27(40-41-43)22-7-5-9-24(19-22)38-30(45)44-25-12-15-42(16-13-25)28-11-10-26(39-29(28)44)21-6-4-8-23(18-21)33(34,35)36;18-17(19,20)12-3-1-2-11(10-12)14-4-5-15-16(22-14)21-13-6-8-23(15)9-7-13/h4-11,18-20,25H,12-17H2,1-3H3,(H,37,46)(H,38,45);1-5,10,13H,6-9H2,(H,21,22). The fourth-order valence-electron chi connectivity index (χ4n) is 9.03. The molecule has 0 saturated carbocycles. The number of fused-ring (bicyclic) bond motifs is 4. The third kappa shape index (κ3) is 10.9. The highest BCUT2D eigenvalue weighted by molar-refractivity contribution is 6.04. The molecule has 6 aliphatic heterocycles. The minimum Gasteiger partial charge on any atom is -0.444 e. The molecular weight excluding hydrogens is 917 g/mol. The monoisotopic (exact) mass is 967 g/mol. The fraction of sp³-hybridized carbons (Fsp3) is 0.360. The number of nitrogens with one attached hydrogen (secondary N) is 3. The molecule has 2 fully saturated rings. The van der Waals surface area contributed by atoms with Gasteiger partial charge < -0.3 is 30.5 Å². The number of aromatic nitrogens is 5. The van der Waals surface area contributed by atoms with E-state index in [-0.39, 0.29) is 12.1 Å². The molecule has 3 amide bonds. The van der Waals surface area contributed by atoms with Crippen LogP contribution in [0.15, 0.2) is 103 Å². The molecule has 14 nitrogen and oxygen atoms in total. The first-order valence-corrected chi connectivity index (χ1v) is 23.1. The van der Waals surface area contributed by atoms with Gasteiger partial charge in [-0.25, -0.2) is 19.6 Å². The minimum absolute atomic E-state index is 0.130. The summed E-state index contributed by atoms with van der Waals surface area (Å²) >= 11 is 0. The molecule has 0 radical (unpaired) electrons. The van der Waals surface area contributed by atoms with Crippen LogP contribution in [0, 0.1) is 0 Å². The van der Waals surface area contributed by atoms with Crippen LogP contribution in [0.5, 0.6) is 0 Å². The number of pyridine rings is 2. The highest BCUT2D eigenvalue weighted by Gasteiger charge is 2.38. The van der Waals surface area contributed by atoms with Crippen molar-refractivity contribution < 1.29 is 40.7 Å². The Kier molecular flexibility index (Phi) is 13.1. The predicted octanol–water partition coefficient (Wildman–Crippen LogP) is 10.7. The zero-order valence-electron chi connectivity index (χ0n) is 38.6. The van der Waals surface area contributed by atoms with Crippen LogP contribution in [0.3, 0.4) is 0 Å². The minimum atomic E-state index is -4.49. The van der Waals surface area contributed by atoms with Gasteiger partial charge in [0.2, 0.25) is 0 Å². The van der Waals surface area contributed by atoms with Gasteiger partial charge in [0.1, 0.15) is 11.3 Å². The average Bonchev–Trinajstić information content (AvgIpc) is 3.46. The average molecular weight is 968 g/mol. The van der Waals surface area contributed by atoms with Gasteiger partial charge in [0.15, 0.2) is 11.6 Å². The summed E-state index contributed by atoms with van der Waals surface area (Å²) in [5, 5.41) is 17.5. The summed E-state index contributed by atoms with van der Waals surface area (Å²) in [6.45, 7) is 9.52. The molecule has 70 heavy (non-hydrogen) atoms. The number of piperidine rings is 2. The Morgan fingerprint density at radius 3 is 1.90 bits per heavy atom. The lowest BCUT2D eigenvalue weighted by Gasteiger charge is -2.31. The lowest BCUT2D eigenvalue weighted by Crippen LogP contribution is -2.46. The second-order valence-electron chi connectivity index (χ2n) is 18.6. The van der Waals surface area contributed by atoms with Crippen molar-refractivity contribution in [1.29, 1.82) is 0 Å². The molecule has 366 valence electrons. The van der Waals surface area contributed by atoms with Gasteiger partial charge in [-0.3, -0.25) is 9.58 Å². The van der Waals surface area contributed by atoms with Gasteiger partial charge in [-0.15, -0.1) is 5.10 Å². The van der Waals surface area contributed by atoms with Crippen molar-refractivity contribution >= 4 is 40.8 Å². The molecule has 0 spiro atoms. The van der Waals surface area contributed by atoms with Crippen molar-refractivity contribution in [3.8, 4) is 33.8 Å². The molecule has 0 unspecified atom stereocenters. The Morgan fingerprint density at radius 2 is 1.27 bits per heavy atom. The van der Waals surface area contributed by atoms with Crippen LogP contribution in [-0.2, 0) is 23.6 Å². The van der Waals surface area contributed by atoms with Crippen LogP contribution in [0.1, 0.15) is 57.6 Å². The number of alkyl halides is 6. The molecule has 9 heterocycles. The van der Waals surface area contributed by atoms with E-state index < -0.39 is 35.2 Å². The highest BCUT2D eigenvalue weighted by atomic mass is 19.4. The highest BCUT2D eigenvalue weighted by Crippen LogP contribution is 2.41.